The minimum absolute atomic E-state index is 0.0150. The third-order valence-electron chi connectivity index (χ3n) is 7.20. The number of thioether (sulfide) groups is 1. The van der Waals surface area contributed by atoms with Gasteiger partial charge in [0.05, 0.1) is 35.3 Å². The van der Waals surface area contributed by atoms with Gasteiger partial charge in [-0.25, -0.2) is 0 Å². The van der Waals surface area contributed by atoms with Gasteiger partial charge in [0.15, 0.2) is 0 Å². The summed E-state index contributed by atoms with van der Waals surface area (Å²) in [7, 11) is 0. The van der Waals surface area contributed by atoms with E-state index in [4.69, 9.17) is 9.15 Å². The van der Waals surface area contributed by atoms with Crippen molar-refractivity contribution in [3.63, 3.8) is 0 Å². The zero-order chi connectivity index (χ0) is 19.5. The molecule has 2 bridgehead atoms. The number of carbonyl (C=O) groups excluding carboxylic acids is 1. The Morgan fingerprint density at radius 1 is 1.21 bits per heavy atom. The number of carbonyl (C=O) groups is 1. The summed E-state index contributed by atoms with van der Waals surface area (Å²) in [5, 5.41) is 1.53. The Bertz CT molecular complexity index is 975. The maximum absolute atomic E-state index is 13.0. The number of morpholine rings is 1. The molecular formula is C21H24N2O4S2. The molecule has 4 aliphatic rings. The smallest absolute Gasteiger partial charge is 0.308 e. The van der Waals surface area contributed by atoms with Crippen LogP contribution in [0.15, 0.2) is 32.6 Å². The fourth-order valence-electron chi connectivity index (χ4n) is 5.92. The van der Waals surface area contributed by atoms with Crippen molar-refractivity contribution in [1.82, 2.24) is 9.47 Å². The minimum atomic E-state index is -0.0204. The van der Waals surface area contributed by atoms with Gasteiger partial charge in [-0.2, -0.15) is 0 Å². The van der Waals surface area contributed by atoms with Crippen molar-refractivity contribution in [3.8, 4) is 0 Å². The zero-order valence-corrected chi connectivity index (χ0v) is 17.8. The first-order valence-corrected chi connectivity index (χ1v) is 12.2. The van der Waals surface area contributed by atoms with Crippen LogP contribution in [0.2, 0.25) is 0 Å². The monoisotopic (exact) mass is 432 g/mol. The lowest BCUT2D eigenvalue weighted by molar-refractivity contribution is -0.136. The molecule has 0 radical (unpaired) electrons. The lowest BCUT2D eigenvalue weighted by atomic mass is 9.77. The van der Waals surface area contributed by atoms with E-state index in [9.17, 15) is 9.59 Å². The van der Waals surface area contributed by atoms with E-state index in [0.717, 1.165) is 27.5 Å². The first-order chi connectivity index (χ1) is 14.2. The molecule has 1 saturated heterocycles. The predicted octanol–water partition coefficient (Wildman–Crippen LogP) is 3.01. The Morgan fingerprint density at radius 3 is 2.83 bits per heavy atom. The molecule has 3 fully saturated rings. The maximum atomic E-state index is 13.0. The minimum Gasteiger partial charge on any atom is -0.469 e. The molecule has 0 aromatic carbocycles. The van der Waals surface area contributed by atoms with E-state index >= 15 is 0 Å². The van der Waals surface area contributed by atoms with E-state index in [1.54, 1.807) is 10.8 Å². The number of rotatable bonds is 3. The van der Waals surface area contributed by atoms with Gasteiger partial charge in [-0.3, -0.25) is 14.2 Å². The first kappa shape index (κ1) is 18.3. The van der Waals surface area contributed by atoms with Gasteiger partial charge >= 0.3 is 4.87 Å². The van der Waals surface area contributed by atoms with Crippen LogP contribution in [0.4, 0.5) is 0 Å². The molecule has 1 amide bonds. The van der Waals surface area contributed by atoms with E-state index in [1.165, 1.54) is 30.6 Å². The number of furan rings is 1. The highest BCUT2D eigenvalue weighted by Crippen LogP contribution is 2.64. The van der Waals surface area contributed by atoms with Crippen LogP contribution in [0.3, 0.4) is 0 Å². The van der Waals surface area contributed by atoms with Gasteiger partial charge < -0.3 is 14.1 Å². The first-order valence-electron chi connectivity index (χ1n) is 10.5. The van der Waals surface area contributed by atoms with E-state index in [0.29, 0.717) is 37.5 Å². The second-order valence-corrected chi connectivity index (χ2v) is 10.8. The van der Waals surface area contributed by atoms with Crippen molar-refractivity contribution in [3.05, 3.63) is 38.7 Å². The van der Waals surface area contributed by atoms with E-state index in [-0.39, 0.29) is 23.2 Å². The van der Waals surface area contributed by atoms with Crippen LogP contribution in [0.1, 0.15) is 35.8 Å². The molecule has 6 nitrogen and oxygen atoms in total. The summed E-state index contributed by atoms with van der Waals surface area (Å²) in [6, 6.07) is 4.00. The molecule has 2 aliphatic heterocycles. The van der Waals surface area contributed by atoms with Crippen molar-refractivity contribution in [2.45, 2.75) is 42.0 Å². The molecule has 4 heterocycles. The number of amides is 1. The third kappa shape index (κ3) is 2.86. The summed E-state index contributed by atoms with van der Waals surface area (Å²) in [6.45, 7) is 2.50. The molecule has 8 heteroatoms. The van der Waals surface area contributed by atoms with Gasteiger partial charge in [0.25, 0.3) is 0 Å². The molecule has 2 saturated carbocycles. The quantitative estimate of drug-likeness (QED) is 0.746. The van der Waals surface area contributed by atoms with Gasteiger partial charge in [0, 0.05) is 18.3 Å². The molecule has 2 aliphatic carbocycles. The van der Waals surface area contributed by atoms with Crippen LogP contribution in [0.5, 0.6) is 0 Å². The fourth-order valence-corrected chi connectivity index (χ4v) is 9.05. The average Bonchev–Trinajstić information content (AvgIpc) is 3.53. The van der Waals surface area contributed by atoms with Crippen LogP contribution in [-0.4, -0.2) is 46.9 Å². The predicted molar refractivity (Wildman–Crippen MR) is 110 cm³/mol. The number of fused-ring (bicyclic) bond motifs is 6. The average molecular weight is 433 g/mol. The number of thiazole rings is 1. The fraction of sp³-hybridized carbons (Fsp3) is 0.619. The largest absolute Gasteiger partial charge is 0.469 e. The summed E-state index contributed by atoms with van der Waals surface area (Å²) in [4.78, 5) is 28.7. The van der Waals surface area contributed by atoms with Crippen LogP contribution in [0.25, 0.3) is 0 Å². The van der Waals surface area contributed by atoms with Crippen LogP contribution >= 0.6 is 23.1 Å². The molecule has 0 spiro atoms. The van der Waals surface area contributed by atoms with Gasteiger partial charge in [0.1, 0.15) is 12.3 Å². The summed E-state index contributed by atoms with van der Waals surface area (Å²) in [5.74, 6) is 3.13. The third-order valence-corrected chi connectivity index (χ3v) is 10.0. The van der Waals surface area contributed by atoms with Crippen molar-refractivity contribution in [2.24, 2.45) is 17.8 Å². The number of hydrogen-bond donors (Lipinski definition) is 0. The number of ether oxygens (including phenoxy) is 1. The lowest BCUT2D eigenvalue weighted by Gasteiger charge is -2.39. The summed E-state index contributed by atoms with van der Waals surface area (Å²) >= 11 is 3.18. The van der Waals surface area contributed by atoms with Crippen LogP contribution in [-0.2, 0) is 16.1 Å². The summed E-state index contributed by atoms with van der Waals surface area (Å²) in [6.07, 6.45) is 5.62. The van der Waals surface area contributed by atoms with E-state index in [1.807, 2.05) is 22.7 Å². The van der Waals surface area contributed by atoms with Crippen molar-refractivity contribution >= 4 is 29.0 Å². The maximum Gasteiger partial charge on any atom is 0.308 e. The molecule has 6 rings (SSSR count). The van der Waals surface area contributed by atoms with Gasteiger partial charge in [-0.05, 0) is 49.1 Å². The Kier molecular flexibility index (Phi) is 4.43. The van der Waals surface area contributed by atoms with Gasteiger partial charge in [0.2, 0.25) is 5.91 Å². The second kappa shape index (κ2) is 7.03. The Labute approximate surface area is 177 Å². The van der Waals surface area contributed by atoms with Gasteiger partial charge in [-0.15, -0.1) is 11.8 Å². The molecule has 4 unspecified atom stereocenters. The molecule has 29 heavy (non-hydrogen) atoms. The zero-order valence-electron chi connectivity index (χ0n) is 16.1. The van der Waals surface area contributed by atoms with E-state index in [2.05, 4.69) is 6.07 Å². The molecular weight excluding hydrogens is 408 g/mol. The topological polar surface area (TPSA) is 64.7 Å². The van der Waals surface area contributed by atoms with Crippen molar-refractivity contribution in [2.75, 3.05) is 26.3 Å². The number of aromatic nitrogens is 1. The molecule has 2 aromatic rings. The van der Waals surface area contributed by atoms with Gasteiger partial charge in [-0.1, -0.05) is 11.3 Å². The molecule has 154 valence electrons. The molecule has 0 N–H and O–H groups in total. The SMILES string of the molecule is O=C(Cn1c2c(sc1=O)[C@@H](c1ccco1)C1C3CCC(C3)C1S2)N1CCOCC1. The molecule has 2 aromatic heterocycles. The Hall–Kier alpha value is -1.51. The highest BCUT2D eigenvalue weighted by atomic mass is 32.2. The normalized spacial score (nSPS) is 33.0. The summed E-state index contributed by atoms with van der Waals surface area (Å²) in [5.41, 5.74) is 0. The standard InChI is InChI=1S/C21H24N2O4S2/c24-15(22-5-8-26-9-6-22)11-23-20-19(29-21(23)25)17(14-2-1-7-27-14)16-12-3-4-13(10-12)18(16)28-20/h1-2,7,12-13,16-18H,3-6,8-11H2/t12?,13?,16?,17-,18?/m0/s1. The van der Waals surface area contributed by atoms with Crippen molar-refractivity contribution < 1.29 is 13.9 Å². The molecule has 5 atom stereocenters. The number of hydrogen-bond acceptors (Lipinski definition) is 6. The lowest BCUT2D eigenvalue weighted by Crippen LogP contribution is -2.43. The van der Waals surface area contributed by atoms with Crippen molar-refractivity contribution in [1.29, 1.82) is 0 Å². The van der Waals surface area contributed by atoms with Crippen LogP contribution in [0, 0.1) is 17.8 Å². The summed E-state index contributed by atoms with van der Waals surface area (Å²) < 4.78 is 13.0. The highest BCUT2D eigenvalue weighted by molar-refractivity contribution is 8.00. The van der Waals surface area contributed by atoms with E-state index < -0.39 is 0 Å². The highest BCUT2D eigenvalue weighted by Gasteiger charge is 2.56. The Morgan fingerprint density at radius 2 is 2.03 bits per heavy atom. The number of nitrogens with zero attached hydrogens (tertiary/aromatic N) is 2. The van der Waals surface area contributed by atoms with Crippen LogP contribution < -0.4 is 4.87 Å². The Balaban J connectivity index is 1.39. The second-order valence-electron chi connectivity index (χ2n) is 8.60.